The van der Waals surface area contributed by atoms with Gasteiger partial charge in [0.05, 0.1) is 24.2 Å². The Balaban J connectivity index is 2.05. The Kier molecular flexibility index (Phi) is 7.50. The maximum atomic E-state index is 12.4. The van der Waals surface area contributed by atoms with Gasteiger partial charge in [-0.2, -0.15) is 5.10 Å². The Hall–Kier alpha value is -2.02. The number of halogens is 1. The van der Waals surface area contributed by atoms with E-state index in [2.05, 4.69) is 38.4 Å². The number of methoxy groups -OCH3 is 1. The van der Waals surface area contributed by atoms with E-state index < -0.39 is 0 Å². The van der Waals surface area contributed by atoms with Crippen LogP contribution in [0.2, 0.25) is 0 Å². The van der Waals surface area contributed by atoms with Gasteiger partial charge >= 0.3 is 0 Å². The summed E-state index contributed by atoms with van der Waals surface area (Å²) in [6.07, 6.45) is 3.32. The van der Waals surface area contributed by atoms with Crippen molar-refractivity contribution in [3.05, 3.63) is 39.6 Å². The fourth-order valence-corrected chi connectivity index (χ4v) is 2.88. The zero-order valence-corrected chi connectivity index (χ0v) is 17.3. The minimum atomic E-state index is -0.243. The summed E-state index contributed by atoms with van der Waals surface area (Å²) in [6, 6.07) is 5.52. The van der Waals surface area contributed by atoms with Crippen LogP contribution in [0.5, 0.6) is 11.5 Å². The molecule has 142 valence electrons. The molecule has 7 heteroatoms. The summed E-state index contributed by atoms with van der Waals surface area (Å²) in [6.45, 7) is 6.60. The van der Waals surface area contributed by atoms with Crippen LogP contribution < -0.4 is 14.8 Å². The molecule has 0 fully saturated rings. The number of benzene rings is 1. The number of aryl methyl sites for hydroxylation is 1. The largest absolute Gasteiger partial charge is 0.493 e. The van der Waals surface area contributed by atoms with Gasteiger partial charge in [-0.25, -0.2) is 0 Å². The molecule has 26 heavy (non-hydrogen) atoms. The summed E-state index contributed by atoms with van der Waals surface area (Å²) in [5, 5.41) is 9.77. The SMILES string of the molecule is CCCCCOc1ccc(C(C)NC(=O)c2n[nH]c(C)c2Br)cc1OC. The fraction of sp³-hybridized carbons (Fsp3) is 0.474. The maximum Gasteiger partial charge on any atom is 0.273 e. The molecule has 1 aromatic carbocycles. The zero-order valence-electron chi connectivity index (χ0n) is 15.7. The fourth-order valence-electron chi connectivity index (χ4n) is 2.52. The van der Waals surface area contributed by atoms with Crippen LogP contribution in [0.4, 0.5) is 0 Å². The van der Waals surface area contributed by atoms with Gasteiger partial charge in [0, 0.05) is 5.69 Å². The molecule has 6 nitrogen and oxygen atoms in total. The van der Waals surface area contributed by atoms with E-state index in [-0.39, 0.29) is 11.9 Å². The minimum absolute atomic E-state index is 0.200. The van der Waals surface area contributed by atoms with E-state index in [9.17, 15) is 4.79 Å². The molecule has 0 aliphatic rings. The molecule has 0 radical (unpaired) electrons. The highest BCUT2D eigenvalue weighted by molar-refractivity contribution is 9.10. The van der Waals surface area contributed by atoms with Crippen molar-refractivity contribution in [1.82, 2.24) is 15.5 Å². The van der Waals surface area contributed by atoms with Crippen molar-refractivity contribution in [2.75, 3.05) is 13.7 Å². The summed E-state index contributed by atoms with van der Waals surface area (Å²) < 4.78 is 11.9. The summed E-state index contributed by atoms with van der Waals surface area (Å²) in [4.78, 5) is 12.4. The number of hydrogen-bond acceptors (Lipinski definition) is 4. The number of unbranched alkanes of at least 4 members (excludes halogenated alkanes) is 2. The number of ether oxygens (including phenoxy) is 2. The topological polar surface area (TPSA) is 76.2 Å². The molecule has 1 atom stereocenters. The highest BCUT2D eigenvalue weighted by Crippen LogP contribution is 2.30. The first-order chi connectivity index (χ1) is 12.5. The van der Waals surface area contributed by atoms with Gasteiger partial charge in [-0.1, -0.05) is 25.8 Å². The molecule has 1 aromatic heterocycles. The van der Waals surface area contributed by atoms with Crippen LogP contribution in [0, 0.1) is 6.92 Å². The summed E-state index contributed by atoms with van der Waals surface area (Å²) in [7, 11) is 1.62. The summed E-state index contributed by atoms with van der Waals surface area (Å²) in [5.41, 5.74) is 2.09. The van der Waals surface area contributed by atoms with Crippen molar-refractivity contribution in [3.8, 4) is 11.5 Å². The van der Waals surface area contributed by atoms with Crippen LogP contribution in [-0.4, -0.2) is 29.8 Å². The van der Waals surface area contributed by atoms with Crippen LogP contribution in [0.3, 0.4) is 0 Å². The molecule has 2 aromatic rings. The van der Waals surface area contributed by atoms with Gasteiger partial charge in [0.2, 0.25) is 0 Å². The molecule has 0 bridgehead atoms. The molecular formula is C19H26BrN3O3. The van der Waals surface area contributed by atoms with E-state index in [1.54, 1.807) is 7.11 Å². The van der Waals surface area contributed by atoms with Gasteiger partial charge < -0.3 is 14.8 Å². The highest BCUT2D eigenvalue weighted by Gasteiger charge is 2.19. The first-order valence-electron chi connectivity index (χ1n) is 8.80. The first-order valence-corrected chi connectivity index (χ1v) is 9.59. The van der Waals surface area contributed by atoms with Gasteiger partial charge in [-0.3, -0.25) is 9.89 Å². The molecule has 2 rings (SSSR count). The molecule has 0 saturated heterocycles. The van der Waals surface area contributed by atoms with Gasteiger partial charge in [0.15, 0.2) is 17.2 Å². The lowest BCUT2D eigenvalue weighted by atomic mass is 10.1. The number of carbonyl (C=O) groups is 1. The number of nitrogens with zero attached hydrogens (tertiary/aromatic N) is 1. The molecule has 0 spiro atoms. The third kappa shape index (κ3) is 5.00. The van der Waals surface area contributed by atoms with Crippen molar-refractivity contribution in [2.45, 2.75) is 46.1 Å². The van der Waals surface area contributed by atoms with Crippen LogP contribution >= 0.6 is 15.9 Å². The van der Waals surface area contributed by atoms with Crippen LogP contribution in [-0.2, 0) is 0 Å². The molecule has 2 N–H and O–H groups in total. The Morgan fingerprint density at radius 1 is 1.35 bits per heavy atom. The summed E-state index contributed by atoms with van der Waals surface area (Å²) in [5.74, 6) is 1.14. The lowest BCUT2D eigenvalue weighted by Crippen LogP contribution is -2.27. The highest BCUT2D eigenvalue weighted by atomic mass is 79.9. The number of hydrogen-bond donors (Lipinski definition) is 2. The Bertz CT molecular complexity index is 746. The molecule has 1 heterocycles. The van der Waals surface area contributed by atoms with Crippen molar-refractivity contribution < 1.29 is 14.3 Å². The quantitative estimate of drug-likeness (QED) is 0.579. The number of carbonyl (C=O) groups excluding carboxylic acids is 1. The van der Waals surface area contributed by atoms with Crippen LogP contribution in [0.25, 0.3) is 0 Å². The predicted molar refractivity (Wildman–Crippen MR) is 105 cm³/mol. The first kappa shape index (κ1) is 20.3. The molecule has 0 aliphatic carbocycles. The van der Waals surface area contributed by atoms with Gasteiger partial charge in [0.25, 0.3) is 5.91 Å². The summed E-state index contributed by atoms with van der Waals surface area (Å²) >= 11 is 3.37. The second kappa shape index (κ2) is 9.62. The molecule has 0 aliphatic heterocycles. The molecule has 0 saturated carbocycles. The standard InChI is InChI=1S/C19H26BrN3O3/c1-5-6-7-10-26-15-9-8-14(11-16(15)25-4)12(2)21-19(24)18-17(20)13(3)22-23-18/h8-9,11-12H,5-7,10H2,1-4H3,(H,21,24)(H,22,23). The van der Waals surface area contributed by atoms with Crippen molar-refractivity contribution in [2.24, 2.45) is 0 Å². The maximum absolute atomic E-state index is 12.4. The smallest absolute Gasteiger partial charge is 0.273 e. The second-order valence-corrected chi connectivity index (χ2v) is 6.97. The third-order valence-corrected chi connectivity index (χ3v) is 5.10. The molecule has 1 amide bonds. The van der Waals surface area contributed by atoms with E-state index >= 15 is 0 Å². The zero-order chi connectivity index (χ0) is 19.1. The minimum Gasteiger partial charge on any atom is -0.493 e. The Morgan fingerprint density at radius 3 is 2.73 bits per heavy atom. The molecular weight excluding hydrogens is 398 g/mol. The van der Waals surface area contributed by atoms with E-state index in [1.165, 1.54) is 0 Å². The van der Waals surface area contributed by atoms with Gasteiger partial charge in [-0.15, -0.1) is 0 Å². The number of H-pyrrole nitrogens is 1. The van der Waals surface area contributed by atoms with E-state index in [0.717, 1.165) is 36.3 Å². The van der Waals surface area contributed by atoms with Crippen molar-refractivity contribution in [3.63, 3.8) is 0 Å². The monoisotopic (exact) mass is 423 g/mol. The van der Waals surface area contributed by atoms with Crippen molar-refractivity contribution in [1.29, 1.82) is 0 Å². The lowest BCUT2D eigenvalue weighted by molar-refractivity contribution is 0.0934. The Labute approximate surface area is 162 Å². The Morgan fingerprint density at radius 2 is 2.12 bits per heavy atom. The number of amides is 1. The van der Waals surface area contributed by atoms with E-state index in [1.807, 2.05) is 32.0 Å². The second-order valence-electron chi connectivity index (χ2n) is 6.17. The number of rotatable bonds is 9. The van der Waals surface area contributed by atoms with E-state index in [0.29, 0.717) is 22.5 Å². The number of aromatic amines is 1. The third-order valence-electron chi connectivity index (χ3n) is 4.13. The van der Waals surface area contributed by atoms with Crippen LogP contribution in [0.1, 0.15) is 60.9 Å². The predicted octanol–water partition coefficient (Wildman–Crippen LogP) is 4.55. The molecule has 1 unspecified atom stereocenters. The number of nitrogens with one attached hydrogen (secondary N) is 2. The number of aromatic nitrogens is 2. The van der Waals surface area contributed by atoms with Gasteiger partial charge in [0.1, 0.15) is 0 Å². The average Bonchev–Trinajstić information content (AvgIpc) is 2.97. The van der Waals surface area contributed by atoms with Crippen molar-refractivity contribution >= 4 is 21.8 Å². The normalized spacial score (nSPS) is 11.9. The van der Waals surface area contributed by atoms with Crippen LogP contribution in [0.15, 0.2) is 22.7 Å². The average molecular weight is 424 g/mol. The van der Waals surface area contributed by atoms with Gasteiger partial charge in [-0.05, 0) is 53.9 Å². The van der Waals surface area contributed by atoms with E-state index in [4.69, 9.17) is 9.47 Å². The lowest BCUT2D eigenvalue weighted by Gasteiger charge is -2.17.